The van der Waals surface area contributed by atoms with E-state index < -0.39 is 0 Å². The molecule has 3 nitrogen and oxygen atoms in total. The summed E-state index contributed by atoms with van der Waals surface area (Å²) in [6.45, 7) is 16.7. The van der Waals surface area contributed by atoms with Crippen LogP contribution in [-0.2, 0) is 7.05 Å². The van der Waals surface area contributed by atoms with Crippen molar-refractivity contribution in [2.75, 3.05) is 0 Å². The molecule has 0 radical (unpaired) electrons. The summed E-state index contributed by atoms with van der Waals surface area (Å²) in [6, 6.07) is 21.6. The number of fused-ring (bicyclic) bond motifs is 3. The van der Waals surface area contributed by atoms with Crippen molar-refractivity contribution in [1.29, 1.82) is 0 Å². The lowest BCUT2D eigenvalue weighted by atomic mass is 9.93. The smallest absolute Gasteiger partial charge is 0.216 e. The van der Waals surface area contributed by atoms with E-state index in [1.165, 1.54) is 53.8 Å². The van der Waals surface area contributed by atoms with Gasteiger partial charge in [-0.15, -0.1) is 0 Å². The molecule has 2 aromatic heterocycles. The van der Waals surface area contributed by atoms with Gasteiger partial charge in [0.2, 0.25) is 5.69 Å². The summed E-state index contributed by atoms with van der Waals surface area (Å²) in [5.74, 6) is 1.14. The fourth-order valence-electron chi connectivity index (χ4n) is 6.41. The van der Waals surface area contributed by atoms with E-state index in [9.17, 15) is 0 Å². The molecule has 1 aliphatic carbocycles. The Balaban J connectivity index is 1.59. The first-order chi connectivity index (χ1) is 18.4. The van der Waals surface area contributed by atoms with E-state index in [1.807, 2.05) is 12.1 Å². The van der Waals surface area contributed by atoms with Gasteiger partial charge in [0, 0.05) is 34.9 Å². The molecule has 3 heteroatoms. The van der Waals surface area contributed by atoms with Gasteiger partial charge in [-0.1, -0.05) is 75.2 Å². The SMILES string of the molecule is [C-]#[N+]c1ccc2c(oc3c(-c4ccc(C5CCCC5)c(C)[n+]4C)c(C)ccc32)c1-c1ccc(C(C)C)cc1. The van der Waals surface area contributed by atoms with Crippen molar-refractivity contribution >= 4 is 27.6 Å². The number of pyridine rings is 1. The molecule has 0 saturated heterocycles. The van der Waals surface area contributed by atoms with Crippen molar-refractivity contribution < 1.29 is 8.98 Å². The Morgan fingerprint density at radius 3 is 2.16 bits per heavy atom. The van der Waals surface area contributed by atoms with Crippen LogP contribution in [-0.4, -0.2) is 0 Å². The van der Waals surface area contributed by atoms with Gasteiger partial charge < -0.3 is 4.42 Å². The van der Waals surface area contributed by atoms with Gasteiger partial charge in [-0.25, -0.2) is 4.85 Å². The van der Waals surface area contributed by atoms with E-state index in [2.05, 4.69) is 92.7 Å². The maximum Gasteiger partial charge on any atom is 0.216 e. The monoisotopic (exact) mass is 499 g/mol. The lowest BCUT2D eigenvalue weighted by Crippen LogP contribution is -2.36. The van der Waals surface area contributed by atoms with E-state index in [-0.39, 0.29) is 0 Å². The topological polar surface area (TPSA) is 21.4 Å². The van der Waals surface area contributed by atoms with Crippen LogP contribution in [0.4, 0.5) is 5.69 Å². The van der Waals surface area contributed by atoms with E-state index in [0.717, 1.165) is 38.6 Å². The Morgan fingerprint density at radius 1 is 0.842 bits per heavy atom. The number of furan rings is 1. The minimum atomic E-state index is 0.459. The number of hydrogen-bond donors (Lipinski definition) is 0. The number of rotatable bonds is 4. The Morgan fingerprint density at radius 2 is 1.50 bits per heavy atom. The predicted molar refractivity (Wildman–Crippen MR) is 157 cm³/mol. The molecule has 0 unspecified atom stereocenters. The maximum absolute atomic E-state index is 7.89. The van der Waals surface area contributed by atoms with Crippen LogP contribution in [0, 0.1) is 20.4 Å². The zero-order chi connectivity index (χ0) is 26.6. The Bertz CT molecular complexity index is 1730. The molecule has 5 aromatic rings. The molecule has 0 atom stereocenters. The second kappa shape index (κ2) is 9.44. The molecule has 190 valence electrons. The predicted octanol–water partition coefficient (Wildman–Crippen LogP) is 9.69. The lowest BCUT2D eigenvalue weighted by Gasteiger charge is -2.14. The summed E-state index contributed by atoms with van der Waals surface area (Å²) in [6.07, 6.45) is 5.26. The van der Waals surface area contributed by atoms with Crippen LogP contribution in [0.1, 0.15) is 73.8 Å². The molecular formula is C35H35N2O+. The molecule has 0 N–H and O–H groups in total. The van der Waals surface area contributed by atoms with Gasteiger partial charge in [-0.05, 0) is 54.4 Å². The zero-order valence-electron chi connectivity index (χ0n) is 23.1. The molecule has 0 spiro atoms. The summed E-state index contributed by atoms with van der Waals surface area (Å²) in [5.41, 5.74) is 11.8. The van der Waals surface area contributed by atoms with Crippen molar-refractivity contribution in [1.82, 2.24) is 0 Å². The highest BCUT2D eigenvalue weighted by atomic mass is 16.3. The fourth-order valence-corrected chi connectivity index (χ4v) is 6.41. The van der Waals surface area contributed by atoms with Crippen LogP contribution >= 0.6 is 0 Å². The van der Waals surface area contributed by atoms with Crippen LogP contribution < -0.4 is 4.57 Å². The first-order valence-corrected chi connectivity index (χ1v) is 13.9. The highest BCUT2D eigenvalue weighted by Gasteiger charge is 2.27. The molecule has 2 heterocycles. The standard InChI is InChI=1S/C35H35N2O/c1-21(2)24-12-14-26(15-13-24)33-30(36-5)19-17-29-28-16-11-22(3)32(34(28)38-35(29)33)31-20-18-27(23(4)37(31)6)25-9-7-8-10-25/h11-21,25H,7-10H2,1-4,6H3/q+1. The van der Waals surface area contributed by atoms with Crippen LogP contribution in [0.3, 0.4) is 0 Å². The third-order valence-electron chi connectivity index (χ3n) is 8.74. The van der Waals surface area contributed by atoms with Crippen molar-refractivity contribution in [3.63, 3.8) is 0 Å². The number of hydrogen-bond acceptors (Lipinski definition) is 1. The molecule has 1 aliphatic rings. The molecule has 6 rings (SSSR count). The van der Waals surface area contributed by atoms with E-state index >= 15 is 0 Å². The molecule has 1 saturated carbocycles. The van der Waals surface area contributed by atoms with E-state index in [4.69, 9.17) is 11.0 Å². The van der Waals surface area contributed by atoms with Gasteiger partial charge >= 0.3 is 0 Å². The van der Waals surface area contributed by atoms with Crippen molar-refractivity contribution in [3.8, 4) is 22.4 Å². The first-order valence-electron chi connectivity index (χ1n) is 13.9. The van der Waals surface area contributed by atoms with Crippen LogP contribution in [0.25, 0.3) is 49.2 Å². The third kappa shape index (κ3) is 3.82. The highest BCUT2D eigenvalue weighted by molar-refractivity contribution is 6.15. The molecular weight excluding hydrogens is 464 g/mol. The number of nitrogens with zero attached hydrogens (tertiary/aromatic N) is 2. The van der Waals surface area contributed by atoms with Gasteiger partial charge in [-0.3, -0.25) is 0 Å². The molecule has 0 aliphatic heterocycles. The van der Waals surface area contributed by atoms with Gasteiger partial charge in [0.05, 0.1) is 12.1 Å². The Kier molecular flexibility index (Phi) is 6.07. The second-order valence-electron chi connectivity index (χ2n) is 11.3. The molecule has 3 aromatic carbocycles. The van der Waals surface area contributed by atoms with Crippen LogP contribution in [0.2, 0.25) is 0 Å². The zero-order valence-corrected chi connectivity index (χ0v) is 23.1. The molecule has 0 bridgehead atoms. The van der Waals surface area contributed by atoms with Gasteiger partial charge in [-0.2, -0.15) is 4.57 Å². The van der Waals surface area contributed by atoms with Gasteiger partial charge in [0.15, 0.2) is 11.4 Å². The quantitative estimate of drug-likeness (QED) is 0.178. The highest BCUT2D eigenvalue weighted by Crippen LogP contribution is 2.45. The Labute approximate surface area is 225 Å². The van der Waals surface area contributed by atoms with Gasteiger partial charge in [0.1, 0.15) is 18.2 Å². The van der Waals surface area contributed by atoms with Crippen molar-refractivity contribution in [2.24, 2.45) is 7.05 Å². The fraction of sp³-hybridized carbons (Fsp3) is 0.314. The van der Waals surface area contributed by atoms with Crippen molar-refractivity contribution in [3.05, 3.63) is 94.5 Å². The Hall–Kier alpha value is -3.90. The first kappa shape index (κ1) is 24.4. The summed E-state index contributed by atoms with van der Waals surface area (Å²) in [4.78, 5) is 3.88. The van der Waals surface area contributed by atoms with E-state index in [0.29, 0.717) is 17.5 Å². The summed E-state index contributed by atoms with van der Waals surface area (Å²) in [5, 5.41) is 2.15. The minimum Gasteiger partial charge on any atom is -0.456 e. The summed E-state index contributed by atoms with van der Waals surface area (Å²) in [7, 11) is 2.18. The average Bonchev–Trinajstić information content (AvgIpc) is 3.58. The number of aryl methyl sites for hydroxylation is 1. The normalized spacial score (nSPS) is 14.1. The van der Waals surface area contributed by atoms with E-state index in [1.54, 1.807) is 0 Å². The number of benzene rings is 3. The maximum atomic E-state index is 7.89. The van der Waals surface area contributed by atoms with Crippen LogP contribution in [0.5, 0.6) is 0 Å². The minimum absolute atomic E-state index is 0.459. The average molecular weight is 500 g/mol. The van der Waals surface area contributed by atoms with Crippen molar-refractivity contribution in [2.45, 2.75) is 65.2 Å². The van der Waals surface area contributed by atoms with Gasteiger partial charge in [0.25, 0.3) is 0 Å². The second-order valence-corrected chi connectivity index (χ2v) is 11.3. The molecule has 1 fully saturated rings. The summed E-state index contributed by atoms with van der Waals surface area (Å²) < 4.78 is 9.14. The third-order valence-corrected chi connectivity index (χ3v) is 8.74. The number of aromatic nitrogens is 1. The van der Waals surface area contributed by atoms with Crippen LogP contribution in [0.15, 0.2) is 65.1 Å². The lowest BCUT2D eigenvalue weighted by molar-refractivity contribution is -0.667. The summed E-state index contributed by atoms with van der Waals surface area (Å²) >= 11 is 0. The molecule has 0 amide bonds. The molecule has 38 heavy (non-hydrogen) atoms. The largest absolute Gasteiger partial charge is 0.456 e.